The summed E-state index contributed by atoms with van der Waals surface area (Å²) in [6.45, 7) is -0.777. The van der Waals surface area contributed by atoms with Crippen LogP contribution < -0.4 is 5.73 Å². The molecular formula is C10H11F2N. The Morgan fingerprint density at radius 3 is 2.62 bits per heavy atom. The van der Waals surface area contributed by atoms with E-state index in [0.717, 1.165) is 12.8 Å². The Balaban J connectivity index is 2.50. The molecule has 1 saturated carbocycles. The van der Waals surface area contributed by atoms with E-state index in [0.29, 0.717) is 5.56 Å². The van der Waals surface area contributed by atoms with E-state index in [4.69, 9.17) is 5.73 Å². The Labute approximate surface area is 75.6 Å². The second-order valence-corrected chi connectivity index (χ2v) is 3.56. The molecule has 1 fully saturated rings. The van der Waals surface area contributed by atoms with E-state index in [2.05, 4.69) is 0 Å². The van der Waals surface area contributed by atoms with Gasteiger partial charge in [-0.25, -0.2) is 8.78 Å². The Bertz CT molecular complexity index is 332. The van der Waals surface area contributed by atoms with Crippen LogP contribution in [-0.4, -0.2) is 0 Å². The summed E-state index contributed by atoms with van der Waals surface area (Å²) in [5.41, 5.74) is 6.19. The lowest BCUT2D eigenvalue weighted by atomic mass is 9.99. The first-order valence-corrected chi connectivity index (χ1v) is 4.30. The van der Waals surface area contributed by atoms with Gasteiger partial charge < -0.3 is 5.73 Å². The van der Waals surface area contributed by atoms with Gasteiger partial charge in [0.05, 0.1) is 0 Å². The molecular weight excluding hydrogens is 172 g/mol. The Hall–Kier alpha value is -0.960. The molecule has 0 aromatic heterocycles. The summed E-state index contributed by atoms with van der Waals surface area (Å²) in [7, 11) is 0. The molecule has 1 aliphatic carbocycles. The second kappa shape index (κ2) is 2.77. The minimum Gasteiger partial charge on any atom is -0.321 e. The van der Waals surface area contributed by atoms with Crippen LogP contribution in [0.25, 0.3) is 0 Å². The molecule has 2 N–H and O–H groups in total. The Kier molecular flexibility index (Phi) is 1.84. The highest BCUT2D eigenvalue weighted by molar-refractivity contribution is 5.37. The third-order valence-electron chi connectivity index (χ3n) is 2.58. The summed E-state index contributed by atoms with van der Waals surface area (Å²) < 4.78 is 25.6. The van der Waals surface area contributed by atoms with Crippen molar-refractivity contribution in [3.63, 3.8) is 0 Å². The van der Waals surface area contributed by atoms with Crippen LogP contribution in [-0.2, 0) is 12.2 Å². The molecule has 70 valence electrons. The van der Waals surface area contributed by atoms with Gasteiger partial charge in [-0.15, -0.1) is 0 Å². The quantitative estimate of drug-likeness (QED) is 0.747. The maximum Gasteiger partial charge on any atom is 0.129 e. The molecule has 1 aromatic carbocycles. The van der Waals surface area contributed by atoms with Crippen molar-refractivity contribution < 1.29 is 8.78 Å². The summed E-state index contributed by atoms with van der Waals surface area (Å²) in [5, 5.41) is 0. The number of halogens is 2. The molecule has 1 aromatic rings. The molecule has 0 radical (unpaired) electrons. The first kappa shape index (κ1) is 8.63. The Morgan fingerprint density at radius 2 is 2.08 bits per heavy atom. The maximum absolute atomic E-state index is 13.1. The van der Waals surface area contributed by atoms with Crippen molar-refractivity contribution in [1.29, 1.82) is 0 Å². The molecule has 0 unspecified atom stereocenters. The first-order valence-electron chi connectivity index (χ1n) is 4.30. The van der Waals surface area contributed by atoms with Crippen molar-refractivity contribution in [2.45, 2.75) is 25.1 Å². The minimum absolute atomic E-state index is 0.127. The van der Waals surface area contributed by atoms with Crippen molar-refractivity contribution in [1.82, 2.24) is 0 Å². The SMILES string of the molecule is NC1(c2cccc(F)c2CF)CC1. The van der Waals surface area contributed by atoms with Crippen molar-refractivity contribution in [3.8, 4) is 0 Å². The van der Waals surface area contributed by atoms with Crippen LogP contribution >= 0.6 is 0 Å². The van der Waals surface area contributed by atoms with Crippen molar-refractivity contribution in [2.24, 2.45) is 5.73 Å². The molecule has 1 nitrogen and oxygen atoms in total. The number of hydrogen-bond donors (Lipinski definition) is 1. The minimum atomic E-state index is -0.777. The number of benzene rings is 1. The number of nitrogens with two attached hydrogens (primary N) is 1. The molecule has 0 atom stereocenters. The molecule has 13 heavy (non-hydrogen) atoms. The average molecular weight is 183 g/mol. The predicted molar refractivity (Wildman–Crippen MR) is 46.3 cm³/mol. The third kappa shape index (κ3) is 1.33. The zero-order valence-electron chi connectivity index (χ0n) is 7.19. The van der Waals surface area contributed by atoms with Crippen LogP contribution in [0.15, 0.2) is 18.2 Å². The smallest absolute Gasteiger partial charge is 0.129 e. The van der Waals surface area contributed by atoms with E-state index in [1.54, 1.807) is 12.1 Å². The molecule has 0 bridgehead atoms. The van der Waals surface area contributed by atoms with E-state index in [1.165, 1.54) is 6.07 Å². The van der Waals surface area contributed by atoms with Gasteiger partial charge in [0.25, 0.3) is 0 Å². The van der Waals surface area contributed by atoms with Crippen molar-refractivity contribution in [2.75, 3.05) is 0 Å². The maximum atomic E-state index is 13.1. The Morgan fingerprint density at radius 1 is 1.38 bits per heavy atom. The van der Waals surface area contributed by atoms with Crippen molar-refractivity contribution in [3.05, 3.63) is 35.1 Å². The largest absolute Gasteiger partial charge is 0.321 e. The fourth-order valence-electron chi connectivity index (χ4n) is 1.56. The lowest BCUT2D eigenvalue weighted by Crippen LogP contribution is -2.21. The van der Waals surface area contributed by atoms with Crippen molar-refractivity contribution >= 4 is 0 Å². The van der Waals surface area contributed by atoms with Gasteiger partial charge in [0, 0.05) is 11.1 Å². The summed E-state index contributed by atoms with van der Waals surface area (Å²) in [6.07, 6.45) is 1.65. The van der Waals surface area contributed by atoms with Gasteiger partial charge in [-0.1, -0.05) is 12.1 Å². The average Bonchev–Trinajstić information content (AvgIpc) is 2.85. The molecule has 0 saturated heterocycles. The monoisotopic (exact) mass is 183 g/mol. The van der Waals surface area contributed by atoms with E-state index in [9.17, 15) is 8.78 Å². The normalized spacial score (nSPS) is 18.7. The van der Waals surface area contributed by atoms with Gasteiger partial charge in [0.15, 0.2) is 0 Å². The van der Waals surface area contributed by atoms with Gasteiger partial charge >= 0.3 is 0 Å². The van der Waals surface area contributed by atoms with Gasteiger partial charge in [-0.2, -0.15) is 0 Å². The zero-order chi connectivity index (χ0) is 9.47. The highest BCUT2D eigenvalue weighted by atomic mass is 19.1. The molecule has 0 spiro atoms. The topological polar surface area (TPSA) is 26.0 Å². The predicted octanol–water partition coefficient (Wildman–Crippen LogP) is 2.24. The first-order chi connectivity index (χ1) is 6.17. The summed E-state index contributed by atoms with van der Waals surface area (Å²) in [5.74, 6) is -0.489. The number of alkyl halides is 1. The van der Waals surface area contributed by atoms with Gasteiger partial charge in [-0.05, 0) is 24.5 Å². The van der Waals surface area contributed by atoms with Crippen LogP contribution in [0.2, 0.25) is 0 Å². The molecule has 0 heterocycles. The molecule has 1 aliphatic rings. The van der Waals surface area contributed by atoms with Crippen LogP contribution in [0, 0.1) is 5.82 Å². The number of hydrogen-bond acceptors (Lipinski definition) is 1. The third-order valence-corrected chi connectivity index (χ3v) is 2.58. The van der Waals surface area contributed by atoms with Crippen LogP contribution in [0.1, 0.15) is 24.0 Å². The standard InChI is InChI=1S/C10H11F2N/c11-6-7-8(10(13)4-5-10)2-1-3-9(7)12/h1-3H,4-6,13H2. The summed E-state index contributed by atoms with van der Waals surface area (Å²) in [6, 6.07) is 4.56. The van der Waals surface area contributed by atoms with Crippen LogP contribution in [0.5, 0.6) is 0 Å². The number of rotatable bonds is 2. The molecule has 0 aliphatic heterocycles. The van der Waals surface area contributed by atoms with Crippen LogP contribution in [0.4, 0.5) is 8.78 Å². The van der Waals surface area contributed by atoms with Gasteiger partial charge in [0.1, 0.15) is 12.5 Å². The van der Waals surface area contributed by atoms with E-state index >= 15 is 0 Å². The van der Waals surface area contributed by atoms with Gasteiger partial charge in [0.2, 0.25) is 0 Å². The summed E-state index contributed by atoms with van der Waals surface area (Å²) >= 11 is 0. The van der Waals surface area contributed by atoms with E-state index < -0.39 is 18.0 Å². The zero-order valence-corrected chi connectivity index (χ0v) is 7.19. The van der Waals surface area contributed by atoms with E-state index in [1.807, 2.05) is 0 Å². The fraction of sp³-hybridized carbons (Fsp3) is 0.400. The lowest BCUT2D eigenvalue weighted by Gasteiger charge is -2.13. The van der Waals surface area contributed by atoms with Gasteiger partial charge in [-0.3, -0.25) is 0 Å². The van der Waals surface area contributed by atoms with Crippen LogP contribution in [0.3, 0.4) is 0 Å². The highest BCUT2D eigenvalue weighted by Crippen LogP contribution is 2.44. The highest BCUT2D eigenvalue weighted by Gasteiger charge is 2.41. The fourth-order valence-corrected chi connectivity index (χ4v) is 1.56. The second-order valence-electron chi connectivity index (χ2n) is 3.56. The van der Waals surface area contributed by atoms with E-state index in [-0.39, 0.29) is 5.56 Å². The lowest BCUT2D eigenvalue weighted by molar-refractivity contribution is 0.455. The molecule has 0 amide bonds. The summed E-state index contributed by atoms with van der Waals surface area (Å²) in [4.78, 5) is 0. The molecule has 3 heteroatoms. The molecule has 2 rings (SSSR count).